The van der Waals surface area contributed by atoms with Gasteiger partial charge in [0.1, 0.15) is 0 Å². The lowest BCUT2D eigenvalue weighted by Gasteiger charge is -2.14. The highest BCUT2D eigenvalue weighted by molar-refractivity contribution is 8.00. The number of quaternary nitrogens is 1. The molecule has 1 atom stereocenters. The van der Waals surface area contributed by atoms with Gasteiger partial charge < -0.3 is 5.21 Å². The summed E-state index contributed by atoms with van der Waals surface area (Å²) >= 11 is 3.21. The lowest BCUT2D eigenvalue weighted by molar-refractivity contribution is -0.991. The molecule has 0 fully saturated rings. The molecule has 0 aliphatic rings. The van der Waals surface area contributed by atoms with Gasteiger partial charge in [-0.25, -0.2) is 10.2 Å². The van der Waals surface area contributed by atoms with Crippen molar-refractivity contribution < 1.29 is 10.4 Å². The molecule has 3 aromatic rings. The van der Waals surface area contributed by atoms with Crippen LogP contribution < -0.4 is 5.23 Å². The van der Waals surface area contributed by atoms with Crippen molar-refractivity contribution in [3.05, 3.63) is 59.3 Å². The van der Waals surface area contributed by atoms with Gasteiger partial charge in [0.15, 0.2) is 10.0 Å². The van der Waals surface area contributed by atoms with Crippen LogP contribution in [0, 0.1) is 5.21 Å². The van der Waals surface area contributed by atoms with Crippen molar-refractivity contribution in [1.82, 2.24) is 4.98 Å². The molecule has 20 heavy (non-hydrogen) atoms. The Hall–Kier alpha value is -1.44. The van der Waals surface area contributed by atoms with Gasteiger partial charge in [0, 0.05) is 17.4 Å². The maximum absolute atomic E-state index is 11.2. The first kappa shape index (κ1) is 13.5. The van der Waals surface area contributed by atoms with Crippen molar-refractivity contribution in [2.45, 2.75) is 10.1 Å². The van der Waals surface area contributed by atoms with Crippen LogP contribution >= 0.6 is 23.1 Å². The summed E-state index contributed by atoms with van der Waals surface area (Å²) in [5, 5.41) is 19.4. The first-order valence-corrected chi connectivity index (χ1v) is 7.84. The van der Waals surface area contributed by atoms with Gasteiger partial charge in [-0.05, 0) is 12.1 Å². The number of rotatable bonds is 4. The Labute approximate surface area is 124 Å². The molecular weight excluding hydrogens is 292 g/mol. The van der Waals surface area contributed by atoms with E-state index in [9.17, 15) is 5.21 Å². The molecule has 3 rings (SSSR count). The van der Waals surface area contributed by atoms with Crippen molar-refractivity contribution in [2.75, 3.05) is 0 Å². The number of nitrogens with zero attached hydrogens (tertiary/aromatic N) is 1. The zero-order valence-electron chi connectivity index (χ0n) is 10.4. The van der Waals surface area contributed by atoms with E-state index in [1.165, 1.54) is 0 Å². The Morgan fingerprint density at radius 2 is 1.90 bits per heavy atom. The van der Waals surface area contributed by atoms with E-state index in [-0.39, 0.29) is 0 Å². The van der Waals surface area contributed by atoms with Crippen molar-refractivity contribution in [3.63, 3.8) is 0 Å². The second kappa shape index (κ2) is 5.90. The molecule has 1 heterocycles. The zero-order chi connectivity index (χ0) is 13.9. The quantitative estimate of drug-likeness (QED) is 0.574. The fourth-order valence-electron chi connectivity index (χ4n) is 1.91. The summed E-state index contributed by atoms with van der Waals surface area (Å²) in [6.07, 6.45) is 0. The molecule has 2 N–H and O–H groups in total. The number of para-hydroxylation sites is 2. The Kier molecular flexibility index (Phi) is 4.00. The predicted molar refractivity (Wildman–Crippen MR) is 81.4 cm³/mol. The number of thioether (sulfide) groups is 1. The number of thiazole rings is 1. The third-order valence-corrected chi connectivity index (χ3v) is 5.10. The third-order valence-electron chi connectivity index (χ3n) is 2.87. The minimum absolute atomic E-state index is 0.362. The molecule has 0 amide bonds. The number of aromatic nitrogens is 1. The molecule has 1 unspecified atom stereocenters. The third kappa shape index (κ3) is 2.84. The van der Waals surface area contributed by atoms with Crippen molar-refractivity contribution in [3.8, 4) is 0 Å². The Bertz CT molecular complexity index is 695. The van der Waals surface area contributed by atoms with Crippen LogP contribution in [0.2, 0.25) is 0 Å². The molecule has 0 aliphatic heterocycles. The van der Waals surface area contributed by atoms with E-state index in [2.05, 4.69) is 4.98 Å². The minimum atomic E-state index is -0.884. The molecule has 0 spiro atoms. The average molecular weight is 304 g/mol. The molecule has 102 valence electrons. The maximum atomic E-state index is 11.2. The number of hydrogen-bond acceptors (Lipinski definition) is 5. The summed E-state index contributed by atoms with van der Waals surface area (Å²) in [6, 6.07) is 15.1. The van der Waals surface area contributed by atoms with Gasteiger partial charge >= 0.3 is 0 Å². The molecular formula is C14H12N2O2S2. The fourth-order valence-corrected chi connectivity index (χ4v) is 3.98. The van der Waals surface area contributed by atoms with Gasteiger partial charge in [-0.2, -0.15) is 5.23 Å². The highest BCUT2D eigenvalue weighted by Gasteiger charge is 2.10. The van der Waals surface area contributed by atoms with Crippen molar-refractivity contribution in [1.29, 1.82) is 0 Å². The molecule has 0 saturated carbocycles. The summed E-state index contributed by atoms with van der Waals surface area (Å²) < 4.78 is 2.12. The normalized spacial score (nSPS) is 12.7. The summed E-state index contributed by atoms with van der Waals surface area (Å²) in [5.74, 6) is 0.613. The van der Waals surface area contributed by atoms with Crippen LogP contribution in [0.4, 0.5) is 5.69 Å². The summed E-state index contributed by atoms with van der Waals surface area (Å²) in [4.78, 5) is 4.54. The van der Waals surface area contributed by atoms with Crippen LogP contribution in [-0.4, -0.2) is 10.2 Å². The first-order valence-electron chi connectivity index (χ1n) is 6.03. The topological polar surface area (TPSA) is 60.6 Å². The highest BCUT2D eigenvalue weighted by Crippen LogP contribution is 2.32. The fraction of sp³-hybridized carbons (Fsp3) is 0.0714. The molecule has 6 heteroatoms. The molecule has 0 bridgehead atoms. The van der Waals surface area contributed by atoms with E-state index in [0.29, 0.717) is 11.4 Å². The molecule has 0 saturated heterocycles. The van der Waals surface area contributed by atoms with Gasteiger partial charge in [0.05, 0.1) is 10.2 Å². The predicted octanol–water partition coefficient (Wildman–Crippen LogP) is 2.99. The first-order chi connectivity index (χ1) is 9.74. The lowest BCUT2D eigenvalue weighted by Crippen LogP contribution is -2.99. The van der Waals surface area contributed by atoms with E-state index in [1.807, 2.05) is 36.4 Å². The summed E-state index contributed by atoms with van der Waals surface area (Å²) in [6.45, 7) is 0. The second-order valence-corrected chi connectivity index (χ2v) is 6.45. The average Bonchev–Trinajstić information content (AvgIpc) is 2.88. The van der Waals surface area contributed by atoms with Crippen LogP contribution in [0.1, 0.15) is 5.56 Å². The summed E-state index contributed by atoms with van der Waals surface area (Å²) in [5.41, 5.74) is 2.18. The molecule has 0 aliphatic carbocycles. The number of hydrogen-bond donors (Lipinski definition) is 2. The molecule has 0 radical (unpaired) electrons. The van der Waals surface area contributed by atoms with Gasteiger partial charge in [-0.1, -0.05) is 42.1 Å². The monoisotopic (exact) mass is 304 g/mol. The van der Waals surface area contributed by atoms with Gasteiger partial charge in [-0.3, -0.25) is 0 Å². The van der Waals surface area contributed by atoms with Gasteiger partial charge in [0.25, 0.3) is 0 Å². The molecule has 2 aromatic carbocycles. The van der Waals surface area contributed by atoms with E-state index in [4.69, 9.17) is 5.21 Å². The van der Waals surface area contributed by atoms with Crippen LogP contribution in [0.3, 0.4) is 0 Å². The van der Waals surface area contributed by atoms with Gasteiger partial charge in [0.2, 0.25) is 0 Å². The Morgan fingerprint density at radius 3 is 2.70 bits per heavy atom. The van der Waals surface area contributed by atoms with E-state index < -0.39 is 5.23 Å². The van der Waals surface area contributed by atoms with Crippen LogP contribution in [0.25, 0.3) is 10.2 Å². The molecule has 4 nitrogen and oxygen atoms in total. The largest absolute Gasteiger partial charge is 0.595 e. The minimum Gasteiger partial charge on any atom is -0.595 e. The maximum Gasteiger partial charge on any atom is 0.167 e. The number of fused-ring (bicyclic) bond motifs is 1. The van der Waals surface area contributed by atoms with Crippen LogP contribution in [-0.2, 0) is 5.75 Å². The van der Waals surface area contributed by atoms with Gasteiger partial charge in [-0.15, -0.1) is 11.3 Å². The number of nitrogens with one attached hydrogen (secondary N) is 1. The number of benzene rings is 2. The standard InChI is InChI=1S/C14H12N2O2S2/c17-16(18)12-7-3-1-5-10(12)9-19-14-15-11-6-2-4-8-13(11)20-14/h1-8,16-17H,9H2. The van der Waals surface area contributed by atoms with Crippen molar-refractivity contribution in [2.24, 2.45) is 0 Å². The smallest absolute Gasteiger partial charge is 0.167 e. The van der Waals surface area contributed by atoms with E-state index >= 15 is 0 Å². The van der Waals surface area contributed by atoms with E-state index in [0.717, 1.165) is 20.1 Å². The Morgan fingerprint density at radius 1 is 1.15 bits per heavy atom. The zero-order valence-corrected chi connectivity index (χ0v) is 12.1. The SMILES string of the molecule is [O-][NH+](O)c1ccccc1CSc1nc2ccccc2s1. The van der Waals surface area contributed by atoms with Crippen molar-refractivity contribution >= 4 is 39.0 Å². The summed E-state index contributed by atoms with van der Waals surface area (Å²) in [7, 11) is 0. The van der Waals surface area contributed by atoms with Crippen LogP contribution in [0.15, 0.2) is 52.9 Å². The second-order valence-electron chi connectivity index (χ2n) is 4.20. The molecule has 1 aromatic heterocycles. The Balaban J connectivity index is 1.79. The van der Waals surface area contributed by atoms with E-state index in [1.54, 1.807) is 35.2 Å². The highest BCUT2D eigenvalue weighted by atomic mass is 32.2. The van der Waals surface area contributed by atoms with Crippen LogP contribution in [0.5, 0.6) is 0 Å². The lowest BCUT2D eigenvalue weighted by atomic mass is 10.2.